The highest BCUT2D eigenvalue weighted by Crippen LogP contribution is 2.34. The SMILES string of the molecule is CC(C)c1cc([C@@H]2CCCN2C(=O)c2cc(-c3cccc(Cl)c3)on2)no1. The summed E-state index contributed by atoms with van der Waals surface area (Å²) in [6.45, 7) is 4.76. The van der Waals surface area contributed by atoms with Crippen LogP contribution in [0.5, 0.6) is 0 Å². The van der Waals surface area contributed by atoms with Crippen molar-refractivity contribution in [1.82, 2.24) is 15.2 Å². The number of hydrogen-bond donors (Lipinski definition) is 0. The average Bonchev–Trinajstić information content (AvgIpc) is 3.40. The van der Waals surface area contributed by atoms with E-state index < -0.39 is 0 Å². The third-order valence-electron chi connectivity index (χ3n) is 4.81. The third kappa shape index (κ3) is 3.49. The number of benzene rings is 1. The van der Waals surface area contributed by atoms with Crippen LogP contribution in [-0.4, -0.2) is 27.7 Å². The molecule has 27 heavy (non-hydrogen) atoms. The number of rotatable bonds is 4. The Kier molecular flexibility index (Phi) is 4.74. The minimum Gasteiger partial charge on any atom is -0.361 e. The molecule has 1 amide bonds. The van der Waals surface area contributed by atoms with Gasteiger partial charge < -0.3 is 13.9 Å². The molecule has 1 atom stereocenters. The highest BCUT2D eigenvalue weighted by molar-refractivity contribution is 6.30. The van der Waals surface area contributed by atoms with Gasteiger partial charge in [-0.15, -0.1) is 0 Å². The van der Waals surface area contributed by atoms with Crippen LogP contribution in [-0.2, 0) is 0 Å². The van der Waals surface area contributed by atoms with E-state index in [2.05, 4.69) is 24.2 Å². The van der Waals surface area contributed by atoms with Crippen molar-refractivity contribution in [2.24, 2.45) is 0 Å². The number of amides is 1. The summed E-state index contributed by atoms with van der Waals surface area (Å²) in [7, 11) is 0. The summed E-state index contributed by atoms with van der Waals surface area (Å²) in [5.41, 5.74) is 1.86. The van der Waals surface area contributed by atoms with Crippen molar-refractivity contribution < 1.29 is 13.8 Å². The average molecular weight is 386 g/mol. The van der Waals surface area contributed by atoms with Crippen molar-refractivity contribution >= 4 is 17.5 Å². The summed E-state index contributed by atoms with van der Waals surface area (Å²) in [5.74, 6) is 1.44. The normalized spacial score (nSPS) is 17.0. The van der Waals surface area contributed by atoms with Crippen LogP contribution in [0.15, 0.2) is 45.4 Å². The van der Waals surface area contributed by atoms with Crippen molar-refractivity contribution in [3.63, 3.8) is 0 Å². The lowest BCUT2D eigenvalue weighted by atomic mass is 10.1. The van der Waals surface area contributed by atoms with Crippen LogP contribution in [0.2, 0.25) is 5.02 Å². The smallest absolute Gasteiger partial charge is 0.276 e. The second kappa shape index (κ2) is 7.19. The van der Waals surface area contributed by atoms with Crippen molar-refractivity contribution in [1.29, 1.82) is 0 Å². The molecule has 0 aliphatic carbocycles. The zero-order valence-corrected chi connectivity index (χ0v) is 15.9. The van der Waals surface area contributed by atoms with Crippen molar-refractivity contribution in [2.75, 3.05) is 6.54 Å². The van der Waals surface area contributed by atoms with Crippen LogP contribution < -0.4 is 0 Å². The van der Waals surface area contributed by atoms with Crippen LogP contribution in [0.4, 0.5) is 0 Å². The zero-order valence-electron chi connectivity index (χ0n) is 15.2. The molecular weight excluding hydrogens is 366 g/mol. The van der Waals surface area contributed by atoms with Gasteiger partial charge >= 0.3 is 0 Å². The molecule has 0 spiro atoms. The first kappa shape index (κ1) is 17.8. The monoisotopic (exact) mass is 385 g/mol. The Morgan fingerprint density at radius 1 is 1.22 bits per heavy atom. The Hall–Kier alpha value is -2.60. The fourth-order valence-corrected chi connectivity index (χ4v) is 3.54. The Balaban J connectivity index is 1.56. The quantitative estimate of drug-likeness (QED) is 0.625. The molecule has 6 nitrogen and oxygen atoms in total. The van der Waals surface area contributed by atoms with Crippen molar-refractivity contribution in [3.05, 3.63) is 58.6 Å². The number of carbonyl (C=O) groups is 1. The molecular formula is C20H20ClN3O3. The molecule has 0 saturated carbocycles. The lowest BCUT2D eigenvalue weighted by molar-refractivity contribution is 0.0720. The van der Waals surface area contributed by atoms with Gasteiger partial charge in [-0.25, -0.2) is 0 Å². The fraction of sp³-hybridized carbons (Fsp3) is 0.350. The number of nitrogens with zero attached hydrogens (tertiary/aromatic N) is 3. The fourth-order valence-electron chi connectivity index (χ4n) is 3.35. The number of halogens is 1. The molecule has 7 heteroatoms. The van der Waals surface area contributed by atoms with Gasteiger partial charge in [0.05, 0.1) is 6.04 Å². The second-order valence-electron chi connectivity index (χ2n) is 7.05. The molecule has 2 aromatic heterocycles. The molecule has 1 fully saturated rings. The maximum Gasteiger partial charge on any atom is 0.276 e. The van der Waals surface area contributed by atoms with E-state index in [9.17, 15) is 4.79 Å². The molecule has 0 bridgehead atoms. The van der Waals surface area contributed by atoms with Gasteiger partial charge in [-0.3, -0.25) is 4.79 Å². The highest BCUT2D eigenvalue weighted by Gasteiger charge is 2.34. The summed E-state index contributed by atoms with van der Waals surface area (Å²) in [6, 6.07) is 10.8. The van der Waals surface area contributed by atoms with Gasteiger partial charge in [-0.1, -0.05) is 47.9 Å². The van der Waals surface area contributed by atoms with E-state index >= 15 is 0 Å². The Morgan fingerprint density at radius 3 is 2.81 bits per heavy atom. The largest absolute Gasteiger partial charge is 0.361 e. The Bertz CT molecular complexity index is 963. The first-order chi connectivity index (χ1) is 13.0. The van der Waals surface area contributed by atoms with Crippen molar-refractivity contribution in [2.45, 2.75) is 38.6 Å². The van der Waals surface area contributed by atoms with E-state index in [1.165, 1.54) is 0 Å². The zero-order chi connectivity index (χ0) is 19.0. The predicted octanol–water partition coefficient (Wildman–Crippen LogP) is 5.08. The van der Waals surface area contributed by atoms with E-state index in [1.54, 1.807) is 23.1 Å². The van der Waals surface area contributed by atoms with Gasteiger partial charge in [0.1, 0.15) is 11.5 Å². The van der Waals surface area contributed by atoms with Gasteiger partial charge in [-0.2, -0.15) is 0 Å². The summed E-state index contributed by atoms with van der Waals surface area (Å²) >= 11 is 6.03. The molecule has 0 radical (unpaired) electrons. The lowest BCUT2D eigenvalue weighted by Gasteiger charge is -2.21. The van der Waals surface area contributed by atoms with Crippen LogP contribution in [0.25, 0.3) is 11.3 Å². The summed E-state index contributed by atoms with van der Waals surface area (Å²) in [6.07, 6.45) is 1.77. The first-order valence-electron chi connectivity index (χ1n) is 9.03. The lowest BCUT2D eigenvalue weighted by Crippen LogP contribution is -2.30. The molecule has 1 saturated heterocycles. The summed E-state index contributed by atoms with van der Waals surface area (Å²) in [4.78, 5) is 14.8. The van der Waals surface area contributed by atoms with E-state index in [4.69, 9.17) is 20.6 Å². The van der Waals surface area contributed by atoms with Gasteiger partial charge in [0, 0.05) is 35.2 Å². The van der Waals surface area contributed by atoms with Gasteiger partial charge in [0.25, 0.3) is 5.91 Å². The molecule has 0 N–H and O–H groups in total. The predicted molar refractivity (Wildman–Crippen MR) is 101 cm³/mol. The molecule has 1 aromatic carbocycles. The van der Waals surface area contributed by atoms with Crippen LogP contribution in [0.1, 0.15) is 60.6 Å². The molecule has 140 valence electrons. The molecule has 0 unspecified atom stereocenters. The highest BCUT2D eigenvalue weighted by atomic mass is 35.5. The standard InChI is InChI=1S/C20H20ClN3O3/c1-12(2)18-10-15(22-26-18)17-7-4-8-24(17)20(25)16-11-19(27-23-16)13-5-3-6-14(21)9-13/h3,5-6,9-12,17H,4,7-8H2,1-2H3/t17-/m0/s1. The third-order valence-corrected chi connectivity index (χ3v) is 5.04. The first-order valence-corrected chi connectivity index (χ1v) is 9.41. The van der Waals surface area contributed by atoms with Crippen molar-refractivity contribution in [3.8, 4) is 11.3 Å². The Morgan fingerprint density at radius 2 is 2.07 bits per heavy atom. The van der Waals surface area contributed by atoms with Crippen LogP contribution in [0, 0.1) is 0 Å². The Labute approximate surface area is 162 Å². The number of aromatic nitrogens is 2. The number of likely N-dealkylation sites (tertiary alicyclic amines) is 1. The minimum absolute atomic E-state index is 0.0972. The van der Waals surface area contributed by atoms with E-state index in [0.29, 0.717) is 17.3 Å². The summed E-state index contributed by atoms with van der Waals surface area (Å²) in [5, 5.41) is 8.76. The second-order valence-corrected chi connectivity index (χ2v) is 7.49. The minimum atomic E-state index is -0.163. The summed E-state index contributed by atoms with van der Waals surface area (Å²) < 4.78 is 10.8. The van der Waals surface area contributed by atoms with Crippen LogP contribution >= 0.6 is 11.6 Å². The van der Waals surface area contributed by atoms with Gasteiger partial charge in [-0.05, 0) is 25.0 Å². The maximum absolute atomic E-state index is 13.0. The topological polar surface area (TPSA) is 72.4 Å². The van der Waals surface area contributed by atoms with Crippen LogP contribution in [0.3, 0.4) is 0 Å². The van der Waals surface area contributed by atoms with Gasteiger partial charge in [0.2, 0.25) is 0 Å². The molecule has 3 heterocycles. The maximum atomic E-state index is 13.0. The molecule has 1 aliphatic heterocycles. The molecule has 3 aromatic rings. The molecule has 1 aliphatic rings. The van der Waals surface area contributed by atoms with E-state index in [-0.39, 0.29) is 23.6 Å². The number of hydrogen-bond acceptors (Lipinski definition) is 5. The van der Waals surface area contributed by atoms with E-state index in [0.717, 1.165) is 29.9 Å². The number of carbonyl (C=O) groups excluding carboxylic acids is 1. The van der Waals surface area contributed by atoms with E-state index in [1.807, 2.05) is 18.2 Å². The van der Waals surface area contributed by atoms with Gasteiger partial charge in [0.15, 0.2) is 11.5 Å². The molecule has 4 rings (SSSR count).